The number of rotatable bonds is 4. The van der Waals surface area contributed by atoms with Crippen LogP contribution in [-0.4, -0.2) is 0 Å². The van der Waals surface area contributed by atoms with Gasteiger partial charge in [-0.3, -0.25) is 0 Å². The van der Waals surface area contributed by atoms with Gasteiger partial charge in [0.05, 0.1) is 15.9 Å². The Morgan fingerprint density at radius 3 is 2.48 bits per heavy atom. The summed E-state index contributed by atoms with van der Waals surface area (Å²) >= 11 is 9.32. The highest BCUT2D eigenvalue weighted by molar-refractivity contribution is 8.01. The number of fused-ring (bicyclic) bond motifs is 1. The van der Waals surface area contributed by atoms with Crippen LogP contribution in [0.25, 0.3) is 22.4 Å². The van der Waals surface area contributed by atoms with Crippen molar-refractivity contribution in [1.29, 1.82) is 5.26 Å². The van der Waals surface area contributed by atoms with Gasteiger partial charge in [0.1, 0.15) is 0 Å². The highest BCUT2D eigenvalue weighted by Crippen LogP contribution is 2.35. The Balaban J connectivity index is 1.60. The van der Waals surface area contributed by atoms with Crippen LogP contribution in [-0.2, 0) is 0 Å². The normalized spacial score (nSPS) is 11.5. The van der Waals surface area contributed by atoms with E-state index >= 15 is 0 Å². The number of hydrogen-bond donors (Lipinski definition) is 0. The molecule has 4 aromatic rings. The fraction of sp³-hybridized carbons (Fsp3) is 0. The van der Waals surface area contributed by atoms with Crippen molar-refractivity contribution in [2.24, 2.45) is 0 Å². The monoisotopic (exact) mass is 403 g/mol. The molecule has 0 bridgehead atoms. The molecule has 0 saturated heterocycles. The van der Waals surface area contributed by atoms with Gasteiger partial charge in [-0.25, -0.2) is 0 Å². The zero-order valence-corrected chi connectivity index (χ0v) is 16.6. The predicted octanol–water partition coefficient (Wildman–Crippen LogP) is 7.77. The molecule has 0 atom stereocenters. The van der Waals surface area contributed by atoms with Gasteiger partial charge in [0, 0.05) is 14.8 Å². The molecule has 0 aliphatic carbocycles. The van der Waals surface area contributed by atoms with Gasteiger partial charge in [-0.05, 0) is 64.9 Å². The lowest BCUT2D eigenvalue weighted by atomic mass is 10.0. The first kappa shape index (κ1) is 17.9. The van der Waals surface area contributed by atoms with E-state index in [0.717, 1.165) is 25.7 Å². The summed E-state index contributed by atoms with van der Waals surface area (Å²) < 4.78 is 1.18. The summed E-state index contributed by atoms with van der Waals surface area (Å²) in [5.41, 5.74) is 1.61. The maximum atomic E-state index is 9.65. The minimum atomic E-state index is 0.672. The van der Waals surface area contributed by atoms with Crippen molar-refractivity contribution in [3.63, 3.8) is 0 Å². The van der Waals surface area contributed by atoms with E-state index in [9.17, 15) is 5.26 Å². The quantitative estimate of drug-likeness (QED) is 0.325. The van der Waals surface area contributed by atoms with Crippen LogP contribution in [0.4, 0.5) is 0 Å². The lowest BCUT2D eigenvalue weighted by molar-refractivity contribution is 1.46. The predicted molar refractivity (Wildman–Crippen MR) is 117 cm³/mol. The highest BCUT2D eigenvalue weighted by Gasteiger charge is 2.06. The Morgan fingerprint density at radius 2 is 1.70 bits per heavy atom. The number of halogens is 1. The van der Waals surface area contributed by atoms with Gasteiger partial charge in [-0.15, -0.1) is 11.3 Å². The minimum Gasteiger partial charge on any atom is -0.192 e. The fourth-order valence-corrected chi connectivity index (χ4v) is 4.96. The summed E-state index contributed by atoms with van der Waals surface area (Å²) in [4.78, 5) is 2.21. The van der Waals surface area contributed by atoms with Crippen LogP contribution < -0.4 is 0 Å². The first-order valence-electron chi connectivity index (χ1n) is 8.35. The fourth-order valence-electron chi connectivity index (χ4n) is 2.76. The van der Waals surface area contributed by atoms with Gasteiger partial charge in [-0.2, -0.15) is 5.26 Å². The van der Waals surface area contributed by atoms with E-state index in [1.54, 1.807) is 23.1 Å². The molecular weight excluding hydrogens is 390 g/mol. The van der Waals surface area contributed by atoms with Crippen LogP contribution in [0.3, 0.4) is 0 Å². The van der Waals surface area contributed by atoms with Crippen molar-refractivity contribution in [2.75, 3.05) is 0 Å². The standard InChI is InChI=1S/C23H14ClNS2/c24-20-7-9-21(10-8-20)26-23-12-11-22(27-23)14-19(15-25)18-6-5-16-3-1-2-4-17(16)13-18/h1-14H. The van der Waals surface area contributed by atoms with Crippen LogP contribution in [0.5, 0.6) is 0 Å². The molecule has 4 rings (SSSR count). The van der Waals surface area contributed by atoms with E-state index in [4.69, 9.17) is 11.6 Å². The smallest absolute Gasteiger partial charge is 0.0998 e. The van der Waals surface area contributed by atoms with Crippen LogP contribution in [0.1, 0.15) is 10.4 Å². The van der Waals surface area contributed by atoms with E-state index in [1.165, 1.54) is 9.60 Å². The summed E-state index contributed by atoms with van der Waals surface area (Å²) in [6.45, 7) is 0. The molecule has 27 heavy (non-hydrogen) atoms. The van der Waals surface area contributed by atoms with Crippen molar-refractivity contribution in [2.45, 2.75) is 9.10 Å². The topological polar surface area (TPSA) is 23.8 Å². The van der Waals surface area contributed by atoms with Gasteiger partial charge in [0.25, 0.3) is 0 Å². The van der Waals surface area contributed by atoms with E-state index in [-0.39, 0.29) is 0 Å². The molecule has 0 amide bonds. The van der Waals surface area contributed by atoms with E-state index < -0.39 is 0 Å². The molecule has 130 valence electrons. The molecule has 3 aromatic carbocycles. The van der Waals surface area contributed by atoms with Crippen molar-refractivity contribution >= 4 is 57.1 Å². The average molecular weight is 404 g/mol. The van der Waals surface area contributed by atoms with Gasteiger partial charge in [-0.1, -0.05) is 59.8 Å². The minimum absolute atomic E-state index is 0.672. The Kier molecular flexibility index (Phi) is 5.31. The van der Waals surface area contributed by atoms with Crippen molar-refractivity contribution < 1.29 is 0 Å². The molecular formula is C23H14ClNS2. The van der Waals surface area contributed by atoms with Crippen molar-refractivity contribution in [1.82, 2.24) is 0 Å². The van der Waals surface area contributed by atoms with Crippen LogP contribution in [0.2, 0.25) is 5.02 Å². The Morgan fingerprint density at radius 1 is 0.926 bits per heavy atom. The third-order valence-electron chi connectivity index (χ3n) is 4.10. The number of hydrogen-bond acceptors (Lipinski definition) is 3. The molecule has 0 spiro atoms. The summed E-state index contributed by atoms with van der Waals surface area (Å²) in [6.07, 6.45) is 1.96. The molecule has 0 unspecified atom stereocenters. The molecule has 1 heterocycles. The van der Waals surface area contributed by atoms with Crippen molar-refractivity contribution in [3.8, 4) is 6.07 Å². The second kappa shape index (κ2) is 8.02. The molecule has 1 aromatic heterocycles. The van der Waals surface area contributed by atoms with Gasteiger partial charge in [0.2, 0.25) is 0 Å². The molecule has 0 radical (unpaired) electrons. The van der Waals surface area contributed by atoms with E-state index in [2.05, 4.69) is 42.5 Å². The molecule has 1 nitrogen and oxygen atoms in total. The Bertz CT molecular complexity index is 1170. The summed E-state index contributed by atoms with van der Waals surface area (Å²) in [5, 5.41) is 12.7. The number of benzene rings is 3. The second-order valence-electron chi connectivity index (χ2n) is 5.94. The summed E-state index contributed by atoms with van der Waals surface area (Å²) in [7, 11) is 0. The Hall–Kier alpha value is -2.51. The number of thiophene rings is 1. The lowest BCUT2D eigenvalue weighted by Crippen LogP contribution is -1.82. The molecule has 0 saturated carbocycles. The lowest BCUT2D eigenvalue weighted by Gasteiger charge is -2.02. The summed E-state index contributed by atoms with van der Waals surface area (Å²) in [5.74, 6) is 0. The molecule has 4 heteroatoms. The average Bonchev–Trinajstić information content (AvgIpc) is 3.14. The van der Waals surface area contributed by atoms with Crippen molar-refractivity contribution in [3.05, 3.63) is 94.3 Å². The van der Waals surface area contributed by atoms with Crippen LogP contribution in [0, 0.1) is 11.3 Å². The first-order chi connectivity index (χ1) is 13.2. The van der Waals surface area contributed by atoms with Crippen LogP contribution in [0.15, 0.2) is 88.0 Å². The SMILES string of the molecule is N#CC(=Cc1ccc(Sc2ccc(Cl)cc2)s1)c1ccc2ccccc2c1. The van der Waals surface area contributed by atoms with Gasteiger partial charge < -0.3 is 0 Å². The summed E-state index contributed by atoms with van der Waals surface area (Å²) in [6, 6.07) is 28.6. The van der Waals surface area contributed by atoms with Gasteiger partial charge >= 0.3 is 0 Å². The maximum absolute atomic E-state index is 9.65. The number of allylic oxidation sites excluding steroid dienone is 1. The largest absolute Gasteiger partial charge is 0.192 e. The Labute approximate surface area is 171 Å². The third-order valence-corrected chi connectivity index (χ3v) is 6.53. The highest BCUT2D eigenvalue weighted by atomic mass is 35.5. The van der Waals surface area contributed by atoms with E-state index in [0.29, 0.717) is 5.57 Å². The zero-order valence-electron chi connectivity index (χ0n) is 14.2. The second-order valence-corrected chi connectivity index (χ2v) is 8.87. The molecule has 0 aliphatic heterocycles. The number of nitriles is 1. The molecule has 0 fully saturated rings. The number of nitrogens with zero attached hydrogens (tertiary/aromatic N) is 1. The van der Waals surface area contributed by atoms with E-state index in [1.807, 2.05) is 48.5 Å². The first-order valence-corrected chi connectivity index (χ1v) is 10.4. The zero-order chi connectivity index (χ0) is 18.6. The molecule has 0 aliphatic rings. The third kappa shape index (κ3) is 4.26. The van der Waals surface area contributed by atoms with Gasteiger partial charge in [0.15, 0.2) is 0 Å². The maximum Gasteiger partial charge on any atom is 0.0998 e. The van der Waals surface area contributed by atoms with Crippen LogP contribution >= 0.6 is 34.7 Å². The molecule has 0 N–H and O–H groups in total.